The largest absolute Gasteiger partial charge is 0.378 e. The van der Waals surface area contributed by atoms with E-state index < -0.39 is 0 Å². The monoisotopic (exact) mass is 298 g/mol. The second kappa shape index (κ2) is 6.31. The summed E-state index contributed by atoms with van der Waals surface area (Å²) in [6.45, 7) is 0. The van der Waals surface area contributed by atoms with Gasteiger partial charge in [0.15, 0.2) is 5.69 Å². The topological polar surface area (TPSA) is 61.6 Å². The predicted molar refractivity (Wildman–Crippen MR) is 87.4 cm³/mol. The average molecular weight is 298 g/mol. The first-order valence-corrected chi connectivity index (χ1v) is 8.57. The molecule has 0 bridgehead atoms. The highest BCUT2D eigenvalue weighted by molar-refractivity contribution is 7.99. The summed E-state index contributed by atoms with van der Waals surface area (Å²) in [5.74, 6) is 0. The van der Waals surface area contributed by atoms with Crippen molar-refractivity contribution in [2.24, 2.45) is 0 Å². The van der Waals surface area contributed by atoms with Gasteiger partial charge in [-0.3, -0.25) is 0 Å². The Morgan fingerprint density at radius 2 is 2.05 bits per heavy atom. The smallest absolute Gasteiger partial charge is 0.186 e. The molecule has 0 radical (unpaired) electrons. The van der Waals surface area contributed by atoms with Gasteiger partial charge in [-0.1, -0.05) is 31.0 Å². The number of thioether (sulfide) groups is 1. The first-order valence-electron chi connectivity index (χ1n) is 7.28. The fourth-order valence-corrected chi connectivity index (χ4v) is 3.94. The average Bonchev–Trinajstić information content (AvgIpc) is 2.55. The van der Waals surface area contributed by atoms with Crippen LogP contribution in [0, 0.1) is 11.3 Å². The zero-order chi connectivity index (χ0) is 14.7. The number of benzene rings is 1. The first-order chi connectivity index (χ1) is 10.3. The lowest BCUT2D eigenvalue weighted by atomic mass is 9.94. The van der Waals surface area contributed by atoms with Crippen molar-refractivity contribution in [1.29, 1.82) is 5.26 Å². The molecule has 1 aliphatic carbocycles. The van der Waals surface area contributed by atoms with Crippen LogP contribution in [0.15, 0.2) is 24.3 Å². The van der Waals surface area contributed by atoms with E-state index in [1.807, 2.05) is 36.0 Å². The molecular weight excluding hydrogens is 280 g/mol. The van der Waals surface area contributed by atoms with Crippen LogP contribution in [0.3, 0.4) is 0 Å². The van der Waals surface area contributed by atoms with E-state index in [2.05, 4.69) is 27.8 Å². The zero-order valence-electron chi connectivity index (χ0n) is 12.0. The summed E-state index contributed by atoms with van der Waals surface area (Å²) in [7, 11) is 0. The number of hydrogen-bond acceptors (Lipinski definition) is 5. The van der Waals surface area contributed by atoms with E-state index in [1.54, 1.807) is 0 Å². The predicted octanol–water partition coefficient (Wildman–Crippen LogP) is 3.59. The molecule has 2 unspecified atom stereocenters. The second-order valence-electron chi connectivity index (χ2n) is 5.36. The summed E-state index contributed by atoms with van der Waals surface area (Å²) in [6.07, 6.45) is 7.08. The highest BCUT2D eigenvalue weighted by atomic mass is 32.2. The van der Waals surface area contributed by atoms with Crippen molar-refractivity contribution < 1.29 is 0 Å². The molecule has 0 spiro atoms. The summed E-state index contributed by atoms with van der Waals surface area (Å²) in [6, 6.07) is 10.4. The number of hydrogen-bond donors (Lipinski definition) is 1. The maximum atomic E-state index is 9.33. The number of aromatic nitrogens is 2. The Kier molecular flexibility index (Phi) is 4.26. The molecule has 0 amide bonds. The number of fused-ring (bicyclic) bond motifs is 1. The number of nitrogens with zero attached hydrogens (tertiary/aromatic N) is 3. The molecule has 1 aliphatic rings. The molecule has 0 saturated heterocycles. The number of nitriles is 1. The molecule has 1 aromatic carbocycles. The van der Waals surface area contributed by atoms with E-state index in [4.69, 9.17) is 0 Å². The van der Waals surface area contributed by atoms with Crippen LogP contribution < -0.4 is 5.32 Å². The van der Waals surface area contributed by atoms with Gasteiger partial charge in [-0.15, -0.1) is 10.2 Å². The molecule has 108 valence electrons. The third kappa shape index (κ3) is 2.81. The van der Waals surface area contributed by atoms with Gasteiger partial charge in [0.05, 0.1) is 11.2 Å². The Morgan fingerprint density at radius 3 is 2.86 bits per heavy atom. The van der Waals surface area contributed by atoms with Crippen molar-refractivity contribution in [3.8, 4) is 6.07 Å². The molecule has 4 nitrogen and oxygen atoms in total. The van der Waals surface area contributed by atoms with Crippen LogP contribution in [0.5, 0.6) is 0 Å². The second-order valence-corrected chi connectivity index (χ2v) is 6.44. The lowest BCUT2D eigenvalue weighted by molar-refractivity contribution is 0.475. The Morgan fingerprint density at radius 1 is 1.24 bits per heavy atom. The molecular formula is C16H18N4S. The van der Waals surface area contributed by atoms with Crippen molar-refractivity contribution >= 4 is 28.4 Å². The summed E-state index contributed by atoms with van der Waals surface area (Å²) in [5, 5.41) is 22.7. The van der Waals surface area contributed by atoms with Gasteiger partial charge in [-0.25, -0.2) is 0 Å². The van der Waals surface area contributed by atoms with Crippen LogP contribution in [0.2, 0.25) is 0 Å². The lowest BCUT2D eigenvalue weighted by Crippen LogP contribution is -2.34. The Bertz CT molecular complexity index is 680. The normalized spacial score (nSPS) is 21.9. The minimum atomic E-state index is 0.388. The molecule has 1 N–H and O–H groups in total. The van der Waals surface area contributed by atoms with Crippen molar-refractivity contribution in [2.45, 2.75) is 37.0 Å². The van der Waals surface area contributed by atoms with Crippen LogP contribution in [-0.4, -0.2) is 27.7 Å². The van der Waals surface area contributed by atoms with Gasteiger partial charge in [0, 0.05) is 16.7 Å². The SMILES string of the molecule is CSC1CCCCC1Nc1c(C#N)nnc2ccccc12. The zero-order valence-corrected chi connectivity index (χ0v) is 12.9. The van der Waals surface area contributed by atoms with E-state index in [0.717, 1.165) is 23.0 Å². The minimum Gasteiger partial charge on any atom is -0.378 e. The molecule has 1 fully saturated rings. The molecule has 1 heterocycles. The third-order valence-corrected chi connectivity index (χ3v) is 5.28. The van der Waals surface area contributed by atoms with Crippen molar-refractivity contribution in [2.75, 3.05) is 11.6 Å². The number of anilines is 1. The van der Waals surface area contributed by atoms with Gasteiger partial charge >= 0.3 is 0 Å². The minimum absolute atomic E-state index is 0.388. The van der Waals surface area contributed by atoms with E-state index in [-0.39, 0.29) is 0 Å². The van der Waals surface area contributed by atoms with Gasteiger partial charge in [0.2, 0.25) is 0 Å². The van der Waals surface area contributed by atoms with E-state index in [9.17, 15) is 5.26 Å². The van der Waals surface area contributed by atoms with E-state index in [1.165, 1.54) is 19.3 Å². The number of rotatable bonds is 3. The quantitative estimate of drug-likeness (QED) is 0.938. The van der Waals surface area contributed by atoms with Crippen LogP contribution in [0.4, 0.5) is 5.69 Å². The van der Waals surface area contributed by atoms with Gasteiger partial charge in [0.1, 0.15) is 6.07 Å². The van der Waals surface area contributed by atoms with Crippen molar-refractivity contribution in [3.63, 3.8) is 0 Å². The molecule has 2 atom stereocenters. The standard InChI is InChI=1S/C16H18N4S/c1-21-15-9-5-4-8-13(15)18-16-11-6-2-3-7-12(11)19-20-14(16)10-17/h2-3,6-7,13,15H,4-5,8-9H2,1H3,(H,18,19). The summed E-state index contributed by atoms with van der Waals surface area (Å²) >= 11 is 1.91. The van der Waals surface area contributed by atoms with Gasteiger partial charge in [0.25, 0.3) is 0 Å². The highest BCUT2D eigenvalue weighted by Gasteiger charge is 2.25. The third-order valence-electron chi connectivity index (χ3n) is 4.11. The summed E-state index contributed by atoms with van der Waals surface area (Å²) < 4.78 is 0. The molecule has 1 aromatic heterocycles. The highest BCUT2D eigenvalue weighted by Crippen LogP contribution is 2.32. The summed E-state index contributed by atoms with van der Waals surface area (Å²) in [4.78, 5) is 0. The Hall–Kier alpha value is -1.80. The van der Waals surface area contributed by atoms with Gasteiger partial charge < -0.3 is 5.32 Å². The Balaban J connectivity index is 2.00. The van der Waals surface area contributed by atoms with E-state index in [0.29, 0.717) is 17.0 Å². The molecule has 2 aromatic rings. The first kappa shape index (κ1) is 14.2. The number of nitrogens with one attached hydrogen (secondary N) is 1. The fraction of sp³-hybridized carbons (Fsp3) is 0.438. The van der Waals surface area contributed by atoms with Crippen LogP contribution in [0.25, 0.3) is 10.9 Å². The van der Waals surface area contributed by atoms with Crippen LogP contribution in [0.1, 0.15) is 31.4 Å². The van der Waals surface area contributed by atoms with Crippen LogP contribution >= 0.6 is 11.8 Å². The van der Waals surface area contributed by atoms with Crippen molar-refractivity contribution in [1.82, 2.24) is 10.2 Å². The van der Waals surface area contributed by atoms with Crippen LogP contribution in [-0.2, 0) is 0 Å². The van der Waals surface area contributed by atoms with Gasteiger partial charge in [-0.05, 0) is 25.2 Å². The Labute approximate surface area is 129 Å². The van der Waals surface area contributed by atoms with Crippen molar-refractivity contribution in [3.05, 3.63) is 30.0 Å². The lowest BCUT2D eigenvalue weighted by Gasteiger charge is -2.32. The summed E-state index contributed by atoms with van der Waals surface area (Å²) in [5.41, 5.74) is 2.06. The molecule has 0 aliphatic heterocycles. The van der Waals surface area contributed by atoms with E-state index >= 15 is 0 Å². The fourth-order valence-electron chi connectivity index (χ4n) is 3.01. The van der Waals surface area contributed by atoms with Gasteiger partial charge in [-0.2, -0.15) is 17.0 Å². The molecule has 21 heavy (non-hydrogen) atoms. The molecule has 5 heteroatoms. The molecule has 1 saturated carbocycles. The maximum Gasteiger partial charge on any atom is 0.186 e. The molecule has 3 rings (SSSR count). The maximum absolute atomic E-state index is 9.33.